The summed E-state index contributed by atoms with van der Waals surface area (Å²) in [7, 11) is 0. The molecule has 0 saturated carbocycles. The Morgan fingerprint density at radius 2 is 1.63 bits per heavy atom. The topological polar surface area (TPSA) is 66.9 Å². The van der Waals surface area contributed by atoms with Crippen LogP contribution in [0.25, 0.3) is 0 Å². The molecule has 1 heterocycles. The van der Waals surface area contributed by atoms with Gasteiger partial charge in [0.25, 0.3) is 5.91 Å². The van der Waals surface area contributed by atoms with Crippen LogP contribution in [-0.2, 0) is 13.1 Å². The van der Waals surface area contributed by atoms with Gasteiger partial charge in [-0.05, 0) is 31.9 Å². The molecule has 0 unspecified atom stereocenters. The van der Waals surface area contributed by atoms with Crippen molar-refractivity contribution in [3.63, 3.8) is 0 Å². The molecule has 27 heavy (non-hydrogen) atoms. The summed E-state index contributed by atoms with van der Waals surface area (Å²) in [5.74, 6) is 0.994. The van der Waals surface area contributed by atoms with E-state index in [1.165, 1.54) is 11.1 Å². The summed E-state index contributed by atoms with van der Waals surface area (Å²) in [4.78, 5) is 21.1. The standard InChI is InChI=1S/C22H24N4O/c1-15-7-9-18(10-8-15)13-24-22(27)20-12-21(26-17(3)25-20)23-14-19-6-4-5-16(2)11-19/h4-12H,13-14H2,1-3H3,(H,24,27)(H,23,25,26). The highest BCUT2D eigenvalue weighted by atomic mass is 16.1. The molecule has 1 amide bonds. The molecule has 2 aromatic carbocycles. The molecule has 5 heteroatoms. The lowest BCUT2D eigenvalue weighted by Gasteiger charge is -2.10. The third-order valence-electron chi connectivity index (χ3n) is 4.20. The maximum atomic E-state index is 12.5. The van der Waals surface area contributed by atoms with Crippen LogP contribution in [-0.4, -0.2) is 15.9 Å². The minimum absolute atomic E-state index is 0.209. The maximum absolute atomic E-state index is 12.5. The predicted molar refractivity (Wildman–Crippen MR) is 108 cm³/mol. The molecule has 2 N–H and O–H groups in total. The summed E-state index contributed by atoms with van der Waals surface area (Å²) in [5, 5.41) is 6.19. The Labute approximate surface area is 159 Å². The summed E-state index contributed by atoms with van der Waals surface area (Å²) in [5.41, 5.74) is 4.99. The van der Waals surface area contributed by atoms with Crippen LogP contribution in [0.15, 0.2) is 54.6 Å². The van der Waals surface area contributed by atoms with E-state index in [0.29, 0.717) is 30.4 Å². The van der Waals surface area contributed by atoms with E-state index in [2.05, 4.69) is 45.7 Å². The van der Waals surface area contributed by atoms with Crippen LogP contribution >= 0.6 is 0 Å². The first-order valence-corrected chi connectivity index (χ1v) is 8.98. The van der Waals surface area contributed by atoms with Crippen LogP contribution in [0.3, 0.4) is 0 Å². The number of nitrogens with one attached hydrogen (secondary N) is 2. The molecule has 1 aromatic heterocycles. The summed E-state index contributed by atoms with van der Waals surface area (Å²) in [6, 6.07) is 18.0. The molecular weight excluding hydrogens is 336 g/mol. The van der Waals surface area contributed by atoms with Crippen LogP contribution in [0.5, 0.6) is 0 Å². The molecular formula is C22H24N4O. The number of nitrogens with zero attached hydrogens (tertiary/aromatic N) is 2. The van der Waals surface area contributed by atoms with Crippen molar-refractivity contribution < 1.29 is 4.79 Å². The summed E-state index contributed by atoms with van der Waals surface area (Å²) < 4.78 is 0. The van der Waals surface area contributed by atoms with Crippen LogP contribution in [0, 0.1) is 20.8 Å². The van der Waals surface area contributed by atoms with Gasteiger partial charge in [0.05, 0.1) is 0 Å². The second kappa shape index (κ2) is 8.45. The van der Waals surface area contributed by atoms with Gasteiger partial charge < -0.3 is 10.6 Å². The third kappa shape index (κ3) is 5.38. The van der Waals surface area contributed by atoms with Crippen LogP contribution < -0.4 is 10.6 Å². The highest BCUT2D eigenvalue weighted by Gasteiger charge is 2.10. The molecule has 0 bridgehead atoms. The fraction of sp³-hybridized carbons (Fsp3) is 0.227. The van der Waals surface area contributed by atoms with E-state index < -0.39 is 0 Å². The molecule has 0 radical (unpaired) electrons. The van der Waals surface area contributed by atoms with Crippen molar-refractivity contribution in [2.75, 3.05) is 5.32 Å². The van der Waals surface area contributed by atoms with Gasteiger partial charge in [0, 0.05) is 19.2 Å². The first kappa shape index (κ1) is 18.6. The second-order valence-electron chi connectivity index (χ2n) is 6.70. The van der Waals surface area contributed by atoms with Gasteiger partial charge in [-0.25, -0.2) is 9.97 Å². The Morgan fingerprint density at radius 1 is 0.852 bits per heavy atom. The highest BCUT2D eigenvalue weighted by Crippen LogP contribution is 2.11. The van der Waals surface area contributed by atoms with E-state index in [4.69, 9.17) is 0 Å². The lowest BCUT2D eigenvalue weighted by Crippen LogP contribution is -2.24. The maximum Gasteiger partial charge on any atom is 0.270 e. The van der Waals surface area contributed by atoms with Crippen molar-refractivity contribution in [2.45, 2.75) is 33.9 Å². The van der Waals surface area contributed by atoms with E-state index in [-0.39, 0.29) is 5.91 Å². The SMILES string of the molecule is Cc1ccc(CNC(=O)c2cc(NCc3cccc(C)c3)nc(C)n2)cc1. The quantitative estimate of drug-likeness (QED) is 0.699. The van der Waals surface area contributed by atoms with Gasteiger partial charge in [-0.1, -0.05) is 59.7 Å². The Morgan fingerprint density at radius 3 is 2.37 bits per heavy atom. The molecule has 0 fully saturated rings. The number of rotatable bonds is 6. The lowest BCUT2D eigenvalue weighted by molar-refractivity contribution is 0.0945. The van der Waals surface area contributed by atoms with Crippen molar-refractivity contribution in [3.05, 3.63) is 88.4 Å². The molecule has 0 spiro atoms. The third-order valence-corrected chi connectivity index (χ3v) is 4.20. The minimum Gasteiger partial charge on any atom is -0.366 e. The summed E-state index contributed by atoms with van der Waals surface area (Å²) >= 11 is 0. The largest absolute Gasteiger partial charge is 0.366 e. The normalized spacial score (nSPS) is 10.5. The van der Waals surface area contributed by atoms with Gasteiger partial charge in [0.15, 0.2) is 0 Å². The highest BCUT2D eigenvalue weighted by molar-refractivity contribution is 5.92. The first-order valence-electron chi connectivity index (χ1n) is 8.98. The molecule has 0 aliphatic carbocycles. The average molecular weight is 360 g/mol. The monoisotopic (exact) mass is 360 g/mol. The first-order chi connectivity index (χ1) is 13.0. The predicted octanol–water partition coefficient (Wildman–Crippen LogP) is 3.94. The Bertz CT molecular complexity index is 935. The number of hydrogen-bond donors (Lipinski definition) is 2. The van der Waals surface area contributed by atoms with Gasteiger partial charge in [-0.3, -0.25) is 4.79 Å². The fourth-order valence-electron chi connectivity index (χ4n) is 2.77. The zero-order valence-corrected chi connectivity index (χ0v) is 15.9. The molecule has 0 aliphatic rings. The van der Waals surface area contributed by atoms with Crippen LogP contribution in [0.4, 0.5) is 5.82 Å². The number of anilines is 1. The Balaban J connectivity index is 1.64. The molecule has 3 rings (SSSR count). The lowest BCUT2D eigenvalue weighted by atomic mass is 10.1. The zero-order valence-electron chi connectivity index (χ0n) is 15.9. The number of carbonyl (C=O) groups excluding carboxylic acids is 1. The van der Waals surface area contributed by atoms with Crippen molar-refractivity contribution in [3.8, 4) is 0 Å². The van der Waals surface area contributed by atoms with Crippen LogP contribution in [0.2, 0.25) is 0 Å². The van der Waals surface area contributed by atoms with Gasteiger partial charge in [0.1, 0.15) is 17.3 Å². The van der Waals surface area contributed by atoms with Crippen molar-refractivity contribution in [1.29, 1.82) is 0 Å². The number of benzene rings is 2. The zero-order chi connectivity index (χ0) is 19.2. The van der Waals surface area contributed by atoms with Gasteiger partial charge in [-0.15, -0.1) is 0 Å². The summed E-state index contributed by atoms with van der Waals surface area (Å²) in [6.45, 7) is 7.00. The number of carbonyl (C=O) groups is 1. The van der Waals surface area contributed by atoms with E-state index in [1.807, 2.05) is 37.3 Å². The summed E-state index contributed by atoms with van der Waals surface area (Å²) in [6.07, 6.45) is 0. The smallest absolute Gasteiger partial charge is 0.270 e. The van der Waals surface area contributed by atoms with Gasteiger partial charge in [0.2, 0.25) is 0 Å². The Hall–Kier alpha value is -3.21. The van der Waals surface area contributed by atoms with Gasteiger partial charge >= 0.3 is 0 Å². The minimum atomic E-state index is -0.209. The van der Waals surface area contributed by atoms with Crippen molar-refractivity contribution in [2.24, 2.45) is 0 Å². The molecule has 0 aliphatic heterocycles. The molecule has 5 nitrogen and oxygen atoms in total. The second-order valence-corrected chi connectivity index (χ2v) is 6.70. The van der Waals surface area contributed by atoms with E-state index in [0.717, 1.165) is 11.1 Å². The molecule has 3 aromatic rings. The number of hydrogen-bond acceptors (Lipinski definition) is 4. The van der Waals surface area contributed by atoms with E-state index in [1.54, 1.807) is 13.0 Å². The number of aromatic nitrogens is 2. The van der Waals surface area contributed by atoms with Gasteiger partial charge in [-0.2, -0.15) is 0 Å². The molecule has 0 saturated heterocycles. The number of amides is 1. The Kier molecular flexibility index (Phi) is 5.81. The average Bonchev–Trinajstić information content (AvgIpc) is 2.65. The number of aryl methyl sites for hydroxylation is 3. The van der Waals surface area contributed by atoms with Crippen molar-refractivity contribution >= 4 is 11.7 Å². The van der Waals surface area contributed by atoms with Crippen molar-refractivity contribution in [1.82, 2.24) is 15.3 Å². The van der Waals surface area contributed by atoms with E-state index >= 15 is 0 Å². The van der Waals surface area contributed by atoms with E-state index in [9.17, 15) is 4.79 Å². The van der Waals surface area contributed by atoms with Crippen LogP contribution in [0.1, 0.15) is 38.6 Å². The molecule has 138 valence electrons. The molecule has 0 atom stereocenters. The fourth-order valence-corrected chi connectivity index (χ4v) is 2.77.